The summed E-state index contributed by atoms with van der Waals surface area (Å²) < 4.78 is 10.4. The molecular weight excluding hydrogens is 228 g/mol. The lowest BCUT2D eigenvalue weighted by atomic mass is 9.99. The average Bonchev–Trinajstić information content (AvgIpc) is 2.37. The van der Waals surface area contributed by atoms with Gasteiger partial charge in [0.1, 0.15) is 0 Å². The summed E-state index contributed by atoms with van der Waals surface area (Å²) in [5.74, 6) is 0. The predicted molar refractivity (Wildman–Crippen MR) is 75.0 cm³/mol. The van der Waals surface area contributed by atoms with Crippen LogP contribution in [0.25, 0.3) is 0 Å². The summed E-state index contributed by atoms with van der Waals surface area (Å²) in [6.07, 6.45) is 4.90. The summed E-state index contributed by atoms with van der Waals surface area (Å²) >= 11 is 0. The lowest BCUT2D eigenvalue weighted by Gasteiger charge is -2.35. The van der Waals surface area contributed by atoms with E-state index in [9.17, 15) is 0 Å². The van der Waals surface area contributed by atoms with Crippen molar-refractivity contribution in [2.75, 3.05) is 47.1 Å². The van der Waals surface area contributed by atoms with Crippen molar-refractivity contribution in [3.63, 3.8) is 0 Å². The van der Waals surface area contributed by atoms with E-state index in [-0.39, 0.29) is 0 Å². The number of rotatable bonds is 9. The number of likely N-dealkylation sites (tertiary alicyclic amines) is 1. The number of piperidine rings is 1. The van der Waals surface area contributed by atoms with Gasteiger partial charge in [-0.05, 0) is 52.7 Å². The van der Waals surface area contributed by atoms with Gasteiger partial charge in [-0.25, -0.2) is 0 Å². The molecule has 1 heterocycles. The van der Waals surface area contributed by atoms with Crippen LogP contribution in [0.5, 0.6) is 0 Å². The van der Waals surface area contributed by atoms with E-state index in [1.165, 1.54) is 25.8 Å². The maximum absolute atomic E-state index is 5.44. The molecule has 0 bridgehead atoms. The monoisotopic (exact) mass is 258 g/mol. The Labute approximate surface area is 112 Å². The van der Waals surface area contributed by atoms with Gasteiger partial charge in [-0.2, -0.15) is 0 Å². The summed E-state index contributed by atoms with van der Waals surface area (Å²) in [5.41, 5.74) is 0. The molecule has 4 heteroatoms. The number of nitrogens with zero attached hydrogens (tertiary/aromatic N) is 1. The lowest BCUT2D eigenvalue weighted by molar-refractivity contribution is 0.0686. The molecule has 1 aliphatic rings. The standard InChI is InChI=1S/C14H30N2O2/c1-13-12-14(6-8-16(13)2)15-7-4-5-9-18-11-10-17-3/h13-15H,4-12H2,1-3H3. The van der Waals surface area contributed by atoms with Crippen LogP contribution in [0.3, 0.4) is 0 Å². The van der Waals surface area contributed by atoms with Crippen LogP contribution in [-0.4, -0.2) is 64.1 Å². The van der Waals surface area contributed by atoms with Crippen LogP contribution in [0, 0.1) is 0 Å². The summed E-state index contributed by atoms with van der Waals surface area (Å²) in [7, 11) is 3.92. The number of nitrogens with one attached hydrogen (secondary N) is 1. The van der Waals surface area contributed by atoms with E-state index in [4.69, 9.17) is 9.47 Å². The second-order valence-corrected chi connectivity index (χ2v) is 5.32. The molecule has 1 saturated heterocycles. The summed E-state index contributed by atoms with van der Waals surface area (Å²) in [4.78, 5) is 2.45. The third-order valence-corrected chi connectivity index (χ3v) is 3.79. The van der Waals surface area contributed by atoms with Crippen molar-refractivity contribution >= 4 is 0 Å². The largest absolute Gasteiger partial charge is 0.382 e. The zero-order chi connectivity index (χ0) is 13.2. The normalized spacial score (nSPS) is 25.5. The highest BCUT2D eigenvalue weighted by atomic mass is 16.5. The molecule has 0 saturated carbocycles. The quantitative estimate of drug-likeness (QED) is 0.636. The van der Waals surface area contributed by atoms with E-state index in [1.54, 1.807) is 7.11 Å². The van der Waals surface area contributed by atoms with Gasteiger partial charge in [-0.15, -0.1) is 0 Å². The van der Waals surface area contributed by atoms with Crippen molar-refractivity contribution in [1.82, 2.24) is 10.2 Å². The minimum absolute atomic E-state index is 0.700. The number of unbranched alkanes of at least 4 members (excludes halogenated alkanes) is 1. The molecule has 108 valence electrons. The zero-order valence-electron chi connectivity index (χ0n) is 12.3. The third-order valence-electron chi connectivity index (χ3n) is 3.79. The van der Waals surface area contributed by atoms with Crippen LogP contribution in [0.1, 0.15) is 32.6 Å². The van der Waals surface area contributed by atoms with Crippen molar-refractivity contribution in [3.8, 4) is 0 Å². The Balaban J connectivity index is 1.89. The fraction of sp³-hybridized carbons (Fsp3) is 1.00. The molecule has 1 aliphatic heterocycles. The second kappa shape index (κ2) is 9.73. The van der Waals surface area contributed by atoms with Crippen LogP contribution >= 0.6 is 0 Å². The van der Waals surface area contributed by atoms with E-state index in [1.807, 2.05) is 0 Å². The van der Waals surface area contributed by atoms with Crippen molar-refractivity contribution in [2.45, 2.75) is 44.7 Å². The Kier molecular flexibility index (Phi) is 8.59. The minimum Gasteiger partial charge on any atom is -0.382 e. The Morgan fingerprint density at radius 3 is 2.78 bits per heavy atom. The van der Waals surface area contributed by atoms with E-state index >= 15 is 0 Å². The first-order chi connectivity index (χ1) is 8.74. The Morgan fingerprint density at radius 1 is 1.22 bits per heavy atom. The molecular formula is C14H30N2O2. The highest BCUT2D eigenvalue weighted by molar-refractivity contribution is 4.80. The van der Waals surface area contributed by atoms with Crippen molar-refractivity contribution in [2.24, 2.45) is 0 Å². The lowest BCUT2D eigenvalue weighted by Crippen LogP contribution is -2.45. The first-order valence-corrected chi connectivity index (χ1v) is 7.24. The van der Waals surface area contributed by atoms with Crippen molar-refractivity contribution < 1.29 is 9.47 Å². The molecule has 0 aromatic heterocycles. The molecule has 0 aromatic carbocycles. The Morgan fingerprint density at radius 2 is 2.06 bits per heavy atom. The molecule has 2 unspecified atom stereocenters. The number of methoxy groups -OCH3 is 1. The maximum Gasteiger partial charge on any atom is 0.0700 e. The highest BCUT2D eigenvalue weighted by Crippen LogP contribution is 2.15. The predicted octanol–water partition coefficient (Wildman–Crippen LogP) is 1.50. The van der Waals surface area contributed by atoms with Gasteiger partial charge in [-0.3, -0.25) is 0 Å². The van der Waals surface area contributed by atoms with Crippen LogP contribution in [-0.2, 0) is 9.47 Å². The molecule has 1 N–H and O–H groups in total. The molecule has 0 spiro atoms. The fourth-order valence-corrected chi connectivity index (χ4v) is 2.35. The second-order valence-electron chi connectivity index (χ2n) is 5.32. The van der Waals surface area contributed by atoms with Crippen LogP contribution in [0.2, 0.25) is 0 Å². The SMILES string of the molecule is COCCOCCCCNC1CCN(C)C(C)C1. The zero-order valence-corrected chi connectivity index (χ0v) is 12.3. The van der Waals surface area contributed by atoms with Gasteiger partial charge in [0.2, 0.25) is 0 Å². The maximum atomic E-state index is 5.44. The van der Waals surface area contributed by atoms with Gasteiger partial charge in [0, 0.05) is 25.8 Å². The summed E-state index contributed by atoms with van der Waals surface area (Å²) in [6.45, 7) is 6.93. The van der Waals surface area contributed by atoms with Gasteiger partial charge < -0.3 is 19.7 Å². The van der Waals surface area contributed by atoms with Crippen molar-refractivity contribution in [3.05, 3.63) is 0 Å². The number of ether oxygens (including phenoxy) is 2. The van der Waals surface area contributed by atoms with Gasteiger partial charge >= 0.3 is 0 Å². The van der Waals surface area contributed by atoms with Crippen LogP contribution in [0.4, 0.5) is 0 Å². The smallest absolute Gasteiger partial charge is 0.0700 e. The van der Waals surface area contributed by atoms with E-state index in [0.29, 0.717) is 18.7 Å². The topological polar surface area (TPSA) is 33.7 Å². The van der Waals surface area contributed by atoms with E-state index in [2.05, 4.69) is 24.2 Å². The molecule has 1 fully saturated rings. The Hall–Kier alpha value is -0.160. The van der Waals surface area contributed by atoms with Crippen LogP contribution < -0.4 is 5.32 Å². The van der Waals surface area contributed by atoms with Crippen LogP contribution in [0.15, 0.2) is 0 Å². The average molecular weight is 258 g/mol. The molecule has 4 nitrogen and oxygen atoms in total. The molecule has 0 radical (unpaired) electrons. The molecule has 18 heavy (non-hydrogen) atoms. The molecule has 0 amide bonds. The summed E-state index contributed by atoms with van der Waals surface area (Å²) in [6, 6.07) is 1.43. The van der Waals surface area contributed by atoms with E-state index in [0.717, 1.165) is 26.2 Å². The Bertz CT molecular complexity index is 202. The van der Waals surface area contributed by atoms with Crippen molar-refractivity contribution in [1.29, 1.82) is 0 Å². The first kappa shape index (κ1) is 15.9. The number of hydrogen-bond donors (Lipinski definition) is 1. The third kappa shape index (κ3) is 6.69. The van der Waals surface area contributed by atoms with Gasteiger partial charge in [0.25, 0.3) is 0 Å². The summed E-state index contributed by atoms with van der Waals surface area (Å²) in [5, 5.41) is 3.67. The minimum atomic E-state index is 0.700. The highest BCUT2D eigenvalue weighted by Gasteiger charge is 2.21. The molecule has 0 aliphatic carbocycles. The molecule has 2 atom stereocenters. The first-order valence-electron chi connectivity index (χ1n) is 7.24. The fourth-order valence-electron chi connectivity index (χ4n) is 2.35. The molecule has 1 rings (SSSR count). The number of hydrogen-bond acceptors (Lipinski definition) is 4. The van der Waals surface area contributed by atoms with Gasteiger partial charge in [-0.1, -0.05) is 0 Å². The van der Waals surface area contributed by atoms with Gasteiger partial charge in [0.05, 0.1) is 13.2 Å². The van der Waals surface area contributed by atoms with Gasteiger partial charge in [0.15, 0.2) is 0 Å². The van der Waals surface area contributed by atoms with E-state index < -0.39 is 0 Å². The molecule has 0 aromatic rings.